The number of urea groups is 1. The van der Waals surface area contributed by atoms with E-state index < -0.39 is 5.82 Å². The molecule has 1 aliphatic carbocycles. The average Bonchev–Trinajstić information content (AvgIpc) is 3.58. The monoisotopic (exact) mass is 493 g/mol. The lowest BCUT2D eigenvalue weighted by Gasteiger charge is -2.37. The summed E-state index contributed by atoms with van der Waals surface area (Å²) < 4.78 is 20.0. The number of amides is 3. The lowest BCUT2D eigenvalue weighted by atomic mass is 10.0. The summed E-state index contributed by atoms with van der Waals surface area (Å²) in [5.41, 5.74) is 2.85. The number of anilines is 1. The Balaban J connectivity index is 1.30. The van der Waals surface area contributed by atoms with Crippen LogP contribution in [-0.2, 0) is 11.2 Å². The molecule has 1 fully saturated rings. The van der Waals surface area contributed by atoms with Gasteiger partial charge in [0.1, 0.15) is 13.2 Å². The van der Waals surface area contributed by atoms with Gasteiger partial charge in [-0.05, 0) is 67.5 Å². The number of benzene rings is 2. The van der Waals surface area contributed by atoms with E-state index in [4.69, 9.17) is 4.74 Å². The van der Waals surface area contributed by atoms with Crippen molar-refractivity contribution < 1.29 is 18.7 Å². The maximum atomic E-state index is 14.1. The summed E-state index contributed by atoms with van der Waals surface area (Å²) in [7, 11) is 0. The number of para-hydroxylation sites is 1. The van der Waals surface area contributed by atoms with Gasteiger partial charge in [0.05, 0.1) is 6.04 Å². The summed E-state index contributed by atoms with van der Waals surface area (Å²) in [6, 6.07) is 15.4. The molecular formula is C27H28FN3O3S. The Bertz CT molecular complexity index is 1210. The number of thiophene rings is 1. The van der Waals surface area contributed by atoms with Gasteiger partial charge in [0.2, 0.25) is 5.91 Å². The van der Waals surface area contributed by atoms with Crippen LogP contribution in [0.2, 0.25) is 0 Å². The van der Waals surface area contributed by atoms with E-state index in [1.54, 1.807) is 39.3 Å². The number of ether oxygens (including phenoxy) is 1. The van der Waals surface area contributed by atoms with Gasteiger partial charge in [-0.2, -0.15) is 0 Å². The zero-order valence-electron chi connectivity index (χ0n) is 19.6. The van der Waals surface area contributed by atoms with E-state index in [1.165, 1.54) is 10.9 Å². The molecule has 3 aromatic rings. The van der Waals surface area contributed by atoms with Crippen LogP contribution in [-0.4, -0.2) is 47.5 Å². The van der Waals surface area contributed by atoms with Crippen molar-refractivity contribution in [3.8, 4) is 5.75 Å². The standard InChI is InChI=1S/C27H28FN3O3S/c1-18-6-8-19(9-7-18)29-27(33)31(20-10-11-20)16-26(32)30-14-12-25-21(13-15-35-25)23(30)17-34-24-5-3-2-4-22(24)28/h2-9,13,15,20,23H,10-12,14,16-17H2,1H3,(H,29,33). The zero-order valence-corrected chi connectivity index (χ0v) is 20.4. The molecule has 0 bridgehead atoms. The molecule has 1 aliphatic heterocycles. The van der Waals surface area contributed by atoms with Gasteiger partial charge in [-0.1, -0.05) is 29.8 Å². The molecule has 1 saturated carbocycles. The second-order valence-electron chi connectivity index (χ2n) is 9.05. The van der Waals surface area contributed by atoms with E-state index in [1.807, 2.05) is 42.6 Å². The number of hydrogen-bond donors (Lipinski definition) is 1. The molecule has 1 aromatic heterocycles. The molecule has 182 valence electrons. The number of halogens is 1. The van der Waals surface area contributed by atoms with Crippen LogP contribution >= 0.6 is 11.3 Å². The molecule has 2 aliphatic rings. The molecule has 3 amide bonds. The van der Waals surface area contributed by atoms with Crippen molar-refractivity contribution in [2.75, 3.05) is 25.0 Å². The second-order valence-corrected chi connectivity index (χ2v) is 10.0. The molecule has 1 unspecified atom stereocenters. The Morgan fingerprint density at radius 1 is 1.14 bits per heavy atom. The maximum Gasteiger partial charge on any atom is 0.322 e. The molecule has 0 saturated heterocycles. The number of carbonyl (C=O) groups excluding carboxylic acids is 2. The first-order valence-electron chi connectivity index (χ1n) is 11.9. The number of nitrogens with one attached hydrogen (secondary N) is 1. The van der Waals surface area contributed by atoms with Crippen LogP contribution < -0.4 is 10.1 Å². The first kappa shape index (κ1) is 23.4. The molecule has 0 radical (unpaired) electrons. The summed E-state index contributed by atoms with van der Waals surface area (Å²) in [5, 5.41) is 4.94. The minimum Gasteiger partial charge on any atom is -0.488 e. The van der Waals surface area contributed by atoms with Crippen molar-refractivity contribution in [3.05, 3.63) is 81.8 Å². The molecule has 0 spiro atoms. The fourth-order valence-corrected chi connectivity index (χ4v) is 5.35. The van der Waals surface area contributed by atoms with Crippen LogP contribution in [0.5, 0.6) is 5.75 Å². The maximum absolute atomic E-state index is 14.1. The van der Waals surface area contributed by atoms with Gasteiger partial charge in [-0.3, -0.25) is 4.79 Å². The number of hydrogen-bond acceptors (Lipinski definition) is 4. The highest BCUT2D eigenvalue weighted by atomic mass is 32.1. The van der Waals surface area contributed by atoms with Gasteiger partial charge >= 0.3 is 6.03 Å². The van der Waals surface area contributed by atoms with E-state index in [0.717, 1.165) is 30.4 Å². The van der Waals surface area contributed by atoms with Gasteiger partial charge in [0.25, 0.3) is 0 Å². The number of rotatable bonds is 7. The Morgan fingerprint density at radius 3 is 2.66 bits per heavy atom. The molecule has 1 atom stereocenters. The van der Waals surface area contributed by atoms with E-state index in [2.05, 4.69) is 5.32 Å². The van der Waals surface area contributed by atoms with Crippen LogP contribution in [0.25, 0.3) is 0 Å². The summed E-state index contributed by atoms with van der Waals surface area (Å²) in [6.07, 6.45) is 2.54. The van der Waals surface area contributed by atoms with Crippen molar-refractivity contribution in [1.82, 2.24) is 9.80 Å². The van der Waals surface area contributed by atoms with Crippen molar-refractivity contribution in [2.24, 2.45) is 0 Å². The molecule has 5 rings (SSSR count). The fraction of sp³-hybridized carbons (Fsp3) is 0.333. The predicted molar refractivity (Wildman–Crippen MR) is 134 cm³/mol. The van der Waals surface area contributed by atoms with E-state index in [9.17, 15) is 14.0 Å². The van der Waals surface area contributed by atoms with Crippen LogP contribution in [0.15, 0.2) is 60.0 Å². The van der Waals surface area contributed by atoms with Gasteiger partial charge in [-0.25, -0.2) is 9.18 Å². The highest BCUT2D eigenvalue weighted by Gasteiger charge is 2.38. The van der Waals surface area contributed by atoms with E-state index in [0.29, 0.717) is 12.2 Å². The quantitative estimate of drug-likeness (QED) is 0.480. The van der Waals surface area contributed by atoms with Gasteiger partial charge in [-0.15, -0.1) is 11.3 Å². The van der Waals surface area contributed by atoms with Crippen molar-refractivity contribution >= 4 is 29.0 Å². The number of aryl methyl sites for hydroxylation is 1. The summed E-state index contributed by atoms with van der Waals surface area (Å²) in [6.45, 7) is 2.67. The molecule has 8 heteroatoms. The van der Waals surface area contributed by atoms with Crippen LogP contribution in [0.4, 0.5) is 14.9 Å². The topological polar surface area (TPSA) is 61.9 Å². The molecule has 6 nitrogen and oxygen atoms in total. The zero-order chi connectivity index (χ0) is 24.4. The van der Waals surface area contributed by atoms with Crippen molar-refractivity contribution in [1.29, 1.82) is 0 Å². The summed E-state index contributed by atoms with van der Waals surface area (Å²) in [5.74, 6) is -0.395. The van der Waals surface area contributed by atoms with Crippen molar-refractivity contribution in [3.63, 3.8) is 0 Å². The molecule has 1 N–H and O–H groups in total. The van der Waals surface area contributed by atoms with Gasteiger partial charge in [0, 0.05) is 23.2 Å². The van der Waals surface area contributed by atoms with Crippen LogP contribution in [0, 0.1) is 12.7 Å². The molecule has 35 heavy (non-hydrogen) atoms. The highest BCUT2D eigenvalue weighted by molar-refractivity contribution is 7.10. The highest BCUT2D eigenvalue weighted by Crippen LogP contribution is 2.35. The third-order valence-electron chi connectivity index (χ3n) is 6.51. The third-order valence-corrected chi connectivity index (χ3v) is 7.50. The lowest BCUT2D eigenvalue weighted by Crippen LogP contribution is -2.49. The Labute approximate surface area is 208 Å². The predicted octanol–water partition coefficient (Wildman–Crippen LogP) is 5.40. The normalized spacial score (nSPS) is 17.0. The smallest absolute Gasteiger partial charge is 0.322 e. The number of nitrogens with zero attached hydrogens (tertiary/aromatic N) is 2. The Hall–Kier alpha value is -3.39. The number of fused-ring (bicyclic) bond motifs is 1. The molecule has 2 aromatic carbocycles. The Morgan fingerprint density at radius 2 is 1.91 bits per heavy atom. The van der Waals surface area contributed by atoms with Gasteiger partial charge < -0.3 is 19.9 Å². The summed E-state index contributed by atoms with van der Waals surface area (Å²) in [4.78, 5) is 31.2. The lowest BCUT2D eigenvalue weighted by molar-refractivity contribution is -0.135. The van der Waals surface area contributed by atoms with E-state index in [-0.39, 0.29) is 42.9 Å². The molecule has 2 heterocycles. The van der Waals surface area contributed by atoms with Crippen LogP contribution in [0.3, 0.4) is 0 Å². The first-order valence-corrected chi connectivity index (χ1v) is 12.7. The minimum atomic E-state index is -0.431. The summed E-state index contributed by atoms with van der Waals surface area (Å²) >= 11 is 1.66. The van der Waals surface area contributed by atoms with Crippen molar-refractivity contribution in [2.45, 2.75) is 38.3 Å². The third kappa shape index (κ3) is 5.32. The second kappa shape index (κ2) is 10.1. The van der Waals surface area contributed by atoms with Crippen LogP contribution in [0.1, 0.15) is 34.9 Å². The minimum absolute atomic E-state index is 0.00195. The Kier molecular flexibility index (Phi) is 6.72. The largest absolute Gasteiger partial charge is 0.488 e. The van der Waals surface area contributed by atoms with E-state index >= 15 is 0 Å². The molecular weight excluding hydrogens is 465 g/mol. The van der Waals surface area contributed by atoms with Gasteiger partial charge in [0.15, 0.2) is 11.6 Å². The average molecular weight is 494 g/mol. The fourth-order valence-electron chi connectivity index (χ4n) is 4.43. The SMILES string of the molecule is Cc1ccc(NC(=O)N(CC(=O)N2CCc3sccc3C2COc2ccccc2F)C2CC2)cc1. The first-order chi connectivity index (χ1) is 17.0. The number of carbonyl (C=O) groups is 2.